The lowest BCUT2D eigenvalue weighted by Crippen LogP contribution is -1.99. The van der Waals surface area contributed by atoms with Crippen LogP contribution < -0.4 is 0 Å². The quantitative estimate of drug-likeness (QED) is 0.860. The van der Waals surface area contributed by atoms with Crippen molar-refractivity contribution in [3.8, 4) is 0 Å². The second-order valence-corrected chi connectivity index (χ2v) is 4.09. The summed E-state index contributed by atoms with van der Waals surface area (Å²) >= 11 is 5.78. The summed E-state index contributed by atoms with van der Waals surface area (Å²) in [6.45, 7) is 0. The average molecular weight is 260 g/mol. The van der Waals surface area contributed by atoms with Crippen molar-refractivity contribution in [1.29, 1.82) is 0 Å². The molecule has 0 radical (unpaired) electrons. The van der Waals surface area contributed by atoms with Gasteiger partial charge in [0.2, 0.25) is 0 Å². The van der Waals surface area contributed by atoms with E-state index in [1.165, 1.54) is 0 Å². The second-order valence-electron chi connectivity index (χ2n) is 3.65. The minimum absolute atomic E-state index is 0.220. The molecular formula is C14H10ClNO2. The highest BCUT2D eigenvalue weighted by Crippen LogP contribution is 2.20. The van der Waals surface area contributed by atoms with Gasteiger partial charge in [-0.05, 0) is 41.5 Å². The first-order valence-corrected chi connectivity index (χ1v) is 5.65. The number of nitrogens with zero attached hydrogens (tertiary/aromatic N) is 1. The van der Waals surface area contributed by atoms with E-state index < -0.39 is 5.97 Å². The number of halogens is 1. The summed E-state index contributed by atoms with van der Waals surface area (Å²) in [4.78, 5) is 15.2. The Kier molecular flexibility index (Phi) is 3.75. The number of benzene rings is 1. The van der Waals surface area contributed by atoms with E-state index in [1.807, 2.05) is 0 Å². The number of carboxylic acid groups (broad SMARTS) is 1. The molecule has 1 heterocycles. The van der Waals surface area contributed by atoms with Crippen LogP contribution in [0.15, 0.2) is 48.8 Å². The predicted molar refractivity (Wildman–Crippen MR) is 71.2 cm³/mol. The van der Waals surface area contributed by atoms with Gasteiger partial charge in [0.1, 0.15) is 0 Å². The van der Waals surface area contributed by atoms with Gasteiger partial charge < -0.3 is 5.11 Å². The first-order valence-electron chi connectivity index (χ1n) is 5.28. The second kappa shape index (κ2) is 5.47. The highest BCUT2D eigenvalue weighted by Gasteiger charge is 2.10. The van der Waals surface area contributed by atoms with Crippen LogP contribution >= 0.6 is 11.6 Å². The van der Waals surface area contributed by atoms with Gasteiger partial charge in [-0.3, -0.25) is 4.98 Å². The summed E-state index contributed by atoms with van der Waals surface area (Å²) in [5.74, 6) is -0.978. The zero-order chi connectivity index (χ0) is 13.0. The standard InChI is InChI=1S/C14H10ClNO2/c15-12-3-1-11(2-4-12)13(14(17)18)9-10-5-7-16-8-6-10/h1-9H,(H,17,18). The van der Waals surface area contributed by atoms with Crippen LogP contribution in [0.4, 0.5) is 0 Å². The fraction of sp³-hybridized carbons (Fsp3) is 0. The lowest BCUT2D eigenvalue weighted by molar-refractivity contribution is -0.130. The smallest absolute Gasteiger partial charge is 0.336 e. The summed E-state index contributed by atoms with van der Waals surface area (Å²) in [5.41, 5.74) is 1.62. The SMILES string of the molecule is O=C(O)C(=Cc1ccncc1)c1ccc(Cl)cc1. The van der Waals surface area contributed by atoms with Gasteiger partial charge in [0.15, 0.2) is 0 Å². The zero-order valence-electron chi connectivity index (χ0n) is 9.38. The minimum atomic E-state index is -0.978. The number of rotatable bonds is 3. The summed E-state index contributed by atoms with van der Waals surface area (Å²) < 4.78 is 0. The van der Waals surface area contributed by atoms with E-state index in [-0.39, 0.29) is 5.57 Å². The Morgan fingerprint density at radius 2 is 1.72 bits per heavy atom. The molecule has 0 aliphatic rings. The van der Waals surface area contributed by atoms with E-state index in [4.69, 9.17) is 11.6 Å². The van der Waals surface area contributed by atoms with Gasteiger partial charge in [0, 0.05) is 17.4 Å². The van der Waals surface area contributed by atoms with Crippen molar-refractivity contribution >= 4 is 29.2 Å². The largest absolute Gasteiger partial charge is 0.478 e. The van der Waals surface area contributed by atoms with Crippen LogP contribution in [0.25, 0.3) is 11.6 Å². The van der Waals surface area contributed by atoms with Crippen molar-refractivity contribution in [2.24, 2.45) is 0 Å². The molecule has 0 fully saturated rings. The average Bonchev–Trinajstić information content (AvgIpc) is 2.38. The fourth-order valence-corrected chi connectivity index (χ4v) is 1.65. The molecule has 4 heteroatoms. The lowest BCUT2D eigenvalue weighted by Gasteiger charge is -2.03. The van der Waals surface area contributed by atoms with Gasteiger partial charge in [0.25, 0.3) is 0 Å². The van der Waals surface area contributed by atoms with Crippen molar-refractivity contribution in [3.63, 3.8) is 0 Å². The van der Waals surface area contributed by atoms with E-state index in [1.54, 1.807) is 54.9 Å². The monoisotopic (exact) mass is 259 g/mol. The highest BCUT2D eigenvalue weighted by atomic mass is 35.5. The third-order valence-electron chi connectivity index (χ3n) is 2.40. The minimum Gasteiger partial charge on any atom is -0.478 e. The normalized spacial score (nSPS) is 11.3. The Labute approximate surface area is 109 Å². The molecule has 1 aromatic carbocycles. The Hall–Kier alpha value is -2.13. The molecule has 0 aliphatic carbocycles. The van der Waals surface area contributed by atoms with Gasteiger partial charge in [-0.15, -0.1) is 0 Å². The molecule has 0 aliphatic heterocycles. The van der Waals surface area contributed by atoms with Crippen molar-refractivity contribution in [2.75, 3.05) is 0 Å². The predicted octanol–water partition coefficient (Wildman–Crippen LogP) is 3.36. The van der Waals surface area contributed by atoms with Crippen molar-refractivity contribution in [3.05, 3.63) is 64.9 Å². The number of carboxylic acids is 1. The molecule has 0 unspecified atom stereocenters. The number of aromatic nitrogens is 1. The molecule has 1 aromatic heterocycles. The molecule has 0 atom stereocenters. The first-order chi connectivity index (χ1) is 8.66. The van der Waals surface area contributed by atoms with Crippen LogP contribution in [0.5, 0.6) is 0 Å². The molecule has 0 saturated heterocycles. The van der Waals surface area contributed by atoms with Crippen LogP contribution in [-0.2, 0) is 4.79 Å². The van der Waals surface area contributed by atoms with E-state index in [9.17, 15) is 9.90 Å². The molecule has 1 N–H and O–H groups in total. The molecular weight excluding hydrogens is 250 g/mol. The Bertz CT molecular complexity index is 577. The molecule has 2 rings (SSSR count). The van der Waals surface area contributed by atoms with Crippen LogP contribution in [0.1, 0.15) is 11.1 Å². The molecule has 0 spiro atoms. The number of carbonyl (C=O) groups is 1. The highest BCUT2D eigenvalue weighted by molar-refractivity contribution is 6.30. The maximum absolute atomic E-state index is 11.3. The lowest BCUT2D eigenvalue weighted by atomic mass is 10.0. The third kappa shape index (κ3) is 2.96. The Balaban J connectivity index is 2.44. The van der Waals surface area contributed by atoms with E-state index in [2.05, 4.69) is 4.98 Å². The third-order valence-corrected chi connectivity index (χ3v) is 2.65. The fourth-order valence-electron chi connectivity index (χ4n) is 1.52. The van der Waals surface area contributed by atoms with Crippen LogP contribution in [0.3, 0.4) is 0 Å². The molecule has 2 aromatic rings. The molecule has 90 valence electrons. The summed E-state index contributed by atoms with van der Waals surface area (Å²) in [7, 11) is 0. The summed E-state index contributed by atoms with van der Waals surface area (Å²) in [5, 5.41) is 9.82. The molecule has 3 nitrogen and oxygen atoms in total. The van der Waals surface area contributed by atoms with Gasteiger partial charge >= 0.3 is 5.97 Å². The van der Waals surface area contributed by atoms with Gasteiger partial charge in [-0.2, -0.15) is 0 Å². The number of aliphatic carboxylic acids is 1. The molecule has 0 saturated carbocycles. The topological polar surface area (TPSA) is 50.2 Å². The molecule has 0 bridgehead atoms. The number of hydrogen-bond acceptors (Lipinski definition) is 2. The van der Waals surface area contributed by atoms with E-state index in [0.29, 0.717) is 10.6 Å². The van der Waals surface area contributed by atoms with Crippen LogP contribution in [0.2, 0.25) is 5.02 Å². The van der Waals surface area contributed by atoms with E-state index in [0.717, 1.165) is 5.56 Å². The van der Waals surface area contributed by atoms with Crippen molar-refractivity contribution < 1.29 is 9.90 Å². The van der Waals surface area contributed by atoms with Gasteiger partial charge in [-0.25, -0.2) is 4.79 Å². The molecule has 0 amide bonds. The molecule has 18 heavy (non-hydrogen) atoms. The van der Waals surface area contributed by atoms with Crippen LogP contribution in [0, 0.1) is 0 Å². The first kappa shape index (κ1) is 12.3. The van der Waals surface area contributed by atoms with Crippen LogP contribution in [-0.4, -0.2) is 16.1 Å². The van der Waals surface area contributed by atoms with Gasteiger partial charge in [-0.1, -0.05) is 23.7 Å². The van der Waals surface area contributed by atoms with E-state index >= 15 is 0 Å². The zero-order valence-corrected chi connectivity index (χ0v) is 10.1. The Morgan fingerprint density at radius 1 is 1.11 bits per heavy atom. The number of hydrogen-bond donors (Lipinski definition) is 1. The maximum Gasteiger partial charge on any atom is 0.336 e. The number of pyridine rings is 1. The maximum atomic E-state index is 11.3. The summed E-state index contributed by atoms with van der Waals surface area (Å²) in [6, 6.07) is 10.2. The van der Waals surface area contributed by atoms with Gasteiger partial charge in [0.05, 0.1) is 5.57 Å². The summed E-state index contributed by atoms with van der Waals surface area (Å²) in [6.07, 6.45) is 4.84. The van der Waals surface area contributed by atoms with Crippen molar-refractivity contribution in [1.82, 2.24) is 4.98 Å². The van der Waals surface area contributed by atoms with Crippen molar-refractivity contribution in [2.45, 2.75) is 0 Å². The Morgan fingerprint density at radius 3 is 2.28 bits per heavy atom.